The maximum Gasteiger partial charge on any atom is 0.335 e. The molecule has 4 rings (SSSR count). The normalized spacial score (nSPS) is 18.7. The molecular formula is C23H23ClFN3O4. The number of fused-ring (bicyclic) bond motifs is 1. The molecule has 3 heterocycles. The van der Waals surface area contributed by atoms with Crippen molar-refractivity contribution in [3.63, 3.8) is 0 Å². The zero-order valence-electron chi connectivity index (χ0n) is 18.0. The summed E-state index contributed by atoms with van der Waals surface area (Å²) in [5.74, 6) is -1.16. The zero-order chi connectivity index (χ0) is 23.0. The van der Waals surface area contributed by atoms with Crippen LogP contribution in [0.4, 0.5) is 4.39 Å². The van der Waals surface area contributed by atoms with Crippen LogP contribution in [0.3, 0.4) is 0 Å². The molecule has 0 radical (unpaired) electrons. The van der Waals surface area contributed by atoms with E-state index in [0.29, 0.717) is 36.4 Å². The molecule has 2 atom stereocenters. The monoisotopic (exact) mass is 459 g/mol. The predicted octanol–water partition coefficient (Wildman–Crippen LogP) is 3.99. The number of carbonyl (C=O) groups excluding carboxylic acids is 1. The molecule has 1 aromatic carbocycles. The molecule has 0 spiro atoms. The van der Waals surface area contributed by atoms with Crippen LogP contribution >= 0.6 is 11.6 Å². The Morgan fingerprint density at radius 3 is 2.84 bits per heavy atom. The highest BCUT2D eigenvalue weighted by atomic mass is 35.5. The second kappa shape index (κ2) is 8.96. The molecule has 9 heteroatoms. The quantitative estimate of drug-likeness (QED) is 0.548. The summed E-state index contributed by atoms with van der Waals surface area (Å²) in [6.45, 7) is 5.77. The molecule has 0 N–H and O–H groups in total. The van der Waals surface area contributed by atoms with Crippen molar-refractivity contribution in [3.8, 4) is 11.3 Å². The third-order valence-corrected chi connectivity index (χ3v) is 5.97. The Morgan fingerprint density at radius 1 is 1.34 bits per heavy atom. The molecule has 32 heavy (non-hydrogen) atoms. The van der Waals surface area contributed by atoms with E-state index in [4.69, 9.17) is 26.1 Å². The Balaban J connectivity index is 1.89. The first-order valence-electron chi connectivity index (χ1n) is 10.4. The number of hydrogen-bond donors (Lipinski definition) is 0. The highest BCUT2D eigenvalue weighted by Crippen LogP contribution is 2.33. The van der Waals surface area contributed by atoms with Gasteiger partial charge in [0.15, 0.2) is 11.8 Å². The van der Waals surface area contributed by atoms with Crippen molar-refractivity contribution in [1.29, 1.82) is 0 Å². The van der Waals surface area contributed by atoms with E-state index in [1.54, 1.807) is 33.0 Å². The van der Waals surface area contributed by atoms with Gasteiger partial charge in [0.2, 0.25) is 0 Å². The van der Waals surface area contributed by atoms with Crippen molar-refractivity contribution in [3.05, 3.63) is 62.5 Å². The van der Waals surface area contributed by atoms with Gasteiger partial charge in [-0.25, -0.2) is 19.2 Å². The third kappa shape index (κ3) is 4.12. The Morgan fingerprint density at radius 2 is 2.12 bits per heavy atom. The van der Waals surface area contributed by atoms with E-state index in [2.05, 4.69) is 4.98 Å². The Labute approximate surface area is 189 Å². The fourth-order valence-electron chi connectivity index (χ4n) is 3.88. The van der Waals surface area contributed by atoms with Gasteiger partial charge in [-0.3, -0.25) is 9.20 Å². The van der Waals surface area contributed by atoms with Crippen LogP contribution in [-0.4, -0.2) is 39.7 Å². The Bertz CT molecular complexity index is 1260. The molecule has 2 aromatic heterocycles. The van der Waals surface area contributed by atoms with Crippen molar-refractivity contribution in [2.45, 2.75) is 45.6 Å². The van der Waals surface area contributed by atoms with Gasteiger partial charge in [0.25, 0.3) is 5.56 Å². The predicted molar refractivity (Wildman–Crippen MR) is 117 cm³/mol. The Hall–Kier alpha value is -2.84. The number of halogens is 2. The number of ether oxygens (including phenoxy) is 2. The van der Waals surface area contributed by atoms with Gasteiger partial charge in [-0.05, 0) is 51.8 Å². The first kappa shape index (κ1) is 22.4. The summed E-state index contributed by atoms with van der Waals surface area (Å²) < 4.78 is 26.9. The standard InChI is InChI=1S/C23H23ClFN3O4/c1-4-31-23(30)19-9-14(7-8-32-19)18-11-28-21(26-13(3)12(2)22(28)29)20(27-18)16-6-5-15(24)10-17(16)25/h5-6,10-11,14,19H,4,7-9H2,1-3H3. The summed E-state index contributed by atoms with van der Waals surface area (Å²) in [7, 11) is 0. The van der Waals surface area contributed by atoms with Gasteiger partial charge < -0.3 is 9.47 Å². The lowest BCUT2D eigenvalue weighted by Crippen LogP contribution is -2.33. The van der Waals surface area contributed by atoms with Crippen molar-refractivity contribution >= 4 is 23.2 Å². The van der Waals surface area contributed by atoms with E-state index in [9.17, 15) is 14.0 Å². The molecule has 0 saturated carbocycles. The van der Waals surface area contributed by atoms with Crippen LogP contribution in [0.25, 0.3) is 16.9 Å². The minimum atomic E-state index is -0.712. The molecule has 0 bridgehead atoms. The van der Waals surface area contributed by atoms with Gasteiger partial charge in [0, 0.05) is 40.6 Å². The van der Waals surface area contributed by atoms with Gasteiger partial charge in [-0.15, -0.1) is 0 Å². The largest absolute Gasteiger partial charge is 0.464 e. The minimum Gasteiger partial charge on any atom is -0.464 e. The van der Waals surface area contributed by atoms with Crippen LogP contribution in [0.15, 0.2) is 29.2 Å². The van der Waals surface area contributed by atoms with Crippen LogP contribution in [0.1, 0.15) is 42.6 Å². The fourth-order valence-corrected chi connectivity index (χ4v) is 4.04. The molecule has 168 valence electrons. The number of rotatable bonds is 4. The summed E-state index contributed by atoms with van der Waals surface area (Å²) >= 11 is 5.93. The maximum absolute atomic E-state index is 14.9. The molecule has 0 amide bonds. The van der Waals surface area contributed by atoms with E-state index in [0.717, 1.165) is 0 Å². The van der Waals surface area contributed by atoms with Gasteiger partial charge in [0.05, 0.1) is 12.3 Å². The molecule has 3 aromatic rings. The average molecular weight is 460 g/mol. The van der Waals surface area contributed by atoms with E-state index in [1.807, 2.05) is 0 Å². The second-order valence-corrected chi connectivity index (χ2v) is 8.23. The average Bonchev–Trinajstić information content (AvgIpc) is 2.78. The number of hydrogen-bond acceptors (Lipinski definition) is 6. The van der Waals surface area contributed by atoms with Crippen LogP contribution in [-0.2, 0) is 14.3 Å². The van der Waals surface area contributed by atoms with Gasteiger partial charge in [0.1, 0.15) is 11.5 Å². The van der Waals surface area contributed by atoms with Gasteiger partial charge >= 0.3 is 5.97 Å². The lowest BCUT2D eigenvalue weighted by molar-refractivity contribution is -0.160. The molecular weight excluding hydrogens is 437 g/mol. The molecule has 0 aliphatic carbocycles. The number of benzene rings is 1. The highest BCUT2D eigenvalue weighted by Gasteiger charge is 2.32. The van der Waals surface area contributed by atoms with Crippen molar-refractivity contribution in [2.24, 2.45) is 0 Å². The first-order valence-corrected chi connectivity index (χ1v) is 10.8. The first-order chi connectivity index (χ1) is 15.3. The van der Waals surface area contributed by atoms with Gasteiger partial charge in [-0.1, -0.05) is 11.6 Å². The van der Waals surface area contributed by atoms with E-state index >= 15 is 0 Å². The van der Waals surface area contributed by atoms with Crippen LogP contribution in [0.5, 0.6) is 0 Å². The number of aromatic nitrogens is 3. The summed E-state index contributed by atoms with van der Waals surface area (Å²) in [6.07, 6.45) is 1.88. The minimum absolute atomic E-state index is 0.176. The molecule has 1 aliphatic heterocycles. The lowest BCUT2D eigenvalue weighted by Gasteiger charge is -2.28. The Kier molecular flexibility index (Phi) is 6.26. The van der Waals surface area contributed by atoms with Crippen molar-refractivity contribution in [2.75, 3.05) is 13.2 Å². The summed E-state index contributed by atoms with van der Waals surface area (Å²) in [6, 6.07) is 4.29. The summed E-state index contributed by atoms with van der Waals surface area (Å²) in [4.78, 5) is 34.5. The van der Waals surface area contributed by atoms with Crippen LogP contribution < -0.4 is 5.56 Å². The van der Waals surface area contributed by atoms with E-state index in [-0.39, 0.29) is 40.0 Å². The smallest absolute Gasteiger partial charge is 0.335 e. The molecule has 1 aliphatic rings. The van der Waals surface area contributed by atoms with Crippen LogP contribution in [0, 0.1) is 19.7 Å². The van der Waals surface area contributed by atoms with Crippen LogP contribution in [0.2, 0.25) is 5.02 Å². The van der Waals surface area contributed by atoms with Gasteiger partial charge in [-0.2, -0.15) is 0 Å². The number of carbonyl (C=O) groups is 1. The molecule has 1 saturated heterocycles. The summed E-state index contributed by atoms with van der Waals surface area (Å²) in [5, 5.41) is 0.255. The summed E-state index contributed by atoms with van der Waals surface area (Å²) in [5.41, 5.74) is 2.06. The number of esters is 1. The maximum atomic E-state index is 14.9. The highest BCUT2D eigenvalue weighted by molar-refractivity contribution is 6.30. The second-order valence-electron chi connectivity index (χ2n) is 7.79. The molecule has 1 fully saturated rings. The van der Waals surface area contributed by atoms with Crippen molar-refractivity contribution in [1.82, 2.24) is 14.4 Å². The number of nitrogens with zero attached hydrogens (tertiary/aromatic N) is 3. The van der Waals surface area contributed by atoms with E-state index < -0.39 is 17.9 Å². The third-order valence-electron chi connectivity index (χ3n) is 5.74. The zero-order valence-corrected chi connectivity index (χ0v) is 18.8. The molecule has 7 nitrogen and oxygen atoms in total. The SMILES string of the molecule is CCOC(=O)C1CC(c2cn3c(=O)c(C)c(C)nc3c(-c3ccc(Cl)cc3F)n2)CCO1. The fraction of sp³-hybridized carbons (Fsp3) is 0.391. The lowest BCUT2D eigenvalue weighted by atomic mass is 9.92. The van der Waals surface area contributed by atoms with Crippen molar-refractivity contribution < 1.29 is 18.7 Å². The number of aryl methyl sites for hydroxylation is 1. The molecule has 2 unspecified atom stereocenters. The topological polar surface area (TPSA) is 82.8 Å². The van der Waals surface area contributed by atoms with E-state index in [1.165, 1.54) is 16.5 Å².